The predicted molar refractivity (Wildman–Crippen MR) is 133 cm³/mol. The van der Waals surface area contributed by atoms with E-state index in [9.17, 15) is 19.2 Å². The van der Waals surface area contributed by atoms with Gasteiger partial charge in [-0.3, -0.25) is 14.5 Å². The number of nitrogens with zero attached hydrogens (tertiary/aromatic N) is 2. The first-order valence-corrected chi connectivity index (χ1v) is 11.7. The summed E-state index contributed by atoms with van der Waals surface area (Å²) in [6.45, 7) is 0. The number of benzene rings is 3. The van der Waals surface area contributed by atoms with Gasteiger partial charge in [0.15, 0.2) is 0 Å². The molecule has 1 heterocycles. The molecule has 1 saturated heterocycles. The fourth-order valence-electron chi connectivity index (χ4n) is 3.41. The molecule has 1 N–H and O–H groups in total. The fraction of sp³-hybridized carbons (Fsp3) is 0.0800. The first kappa shape index (κ1) is 23.8. The zero-order chi connectivity index (χ0) is 24.2. The van der Waals surface area contributed by atoms with Crippen molar-refractivity contribution in [2.75, 3.05) is 10.2 Å². The van der Waals surface area contributed by atoms with Crippen LogP contribution in [-0.4, -0.2) is 17.1 Å². The minimum absolute atomic E-state index is 0.210. The van der Waals surface area contributed by atoms with Gasteiger partial charge in [0.05, 0.1) is 16.0 Å². The maximum atomic E-state index is 13.4. The smallest absolute Gasteiger partial charge is 0.269 e. The molecule has 170 valence electrons. The molecule has 3 aromatic carbocycles. The number of carbonyl (C=O) groups excluding carboxylic acids is 2. The van der Waals surface area contributed by atoms with Gasteiger partial charge in [0, 0.05) is 10.7 Å². The summed E-state index contributed by atoms with van der Waals surface area (Å²) >= 11 is 13.3. The Hall–Kier alpha value is -3.31. The van der Waals surface area contributed by atoms with Crippen molar-refractivity contribution in [1.82, 2.24) is 0 Å². The Bertz CT molecular complexity index is 1320. The summed E-state index contributed by atoms with van der Waals surface area (Å²) in [5.74, 6) is -1.37. The molecule has 34 heavy (non-hydrogen) atoms. The van der Waals surface area contributed by atoms with Gasteiger partial charge in [0.25, 0.3) is 5.91 Å². The quantitative estimate of drug-likeness (QED) is 0.327. The lowest BCUT2D eigenvalue weighted by molar-refractivity contribution is -0.117. The van der Waals surface area contributed by atoms with Crippen LogP contribution >= 0.6 is 35.0 Å². The standard InChI is InChI=1S/C25H16Cl2FN3O2S/c26-16-8-11-20(27)21(13-16)30-23(32)19(14-29)25-31(18-4-2-1-3-5-18)24(33)22(34-25)12-15-6-9-17(28)10-7-15/h1-11,13,22H,12H2,(H,30,32)/b25-19+/t22-/m0/s1. The Morgan fingerprint density at radius 1 is 1.09 bits per heavy atom. The third kappa shape index (κ3) is 5.10. The molecule has 0 saturated carbocycles. The average molecular weight is 512 g/mol. The van der Waals surface area contributed by atoms with E-state index >= 15 is 0 Å². The van der Waals surface area contributed by atoms with Gasteiger partial charge in [-0.1, -0.05) is 65.3 Å². The highest BCUT2D eigenvalue weighted by atomic mass is 35.5. The van der Waals surface area contributed by atoms with Crippen LogP contribution in [0.3, 0.4) is 0 Å². The number of para-hydroxylation sites is 1. The molecule has 0 bridgehead atoms. The molecule has 1 atom stereocenters. The zero-order valence-electron chi connectivity index (χ0n) is 17.5. The van der Waals surface area contributed by atoms with Crippen molar-refractivity contribution in [2.24, 2.45) is 0 Å². The summed E-state index contributed by atoms with van der Waals surface area (Å²) in [7, 11) is 0. The van der Waals surface area contributed by atoms with Crippen molar-refractivity contribution >= 4 is 58.2 Å². The SMILES string of the molecule is N#C/C(C(=O)Nc1cc(Cl)ccc1Cl)=C1\S[C@@H](Cc2ccc(F)cc2)C(=O)N1c1ccccc1. The summed E-state index contributed by atoms with van der Waals surface area (Å²) in [5, 5.41) is 12.7. The van der Waals surface area contributed by atoms with Gasteiger partial charge in [0.1, 0.15) is 22.5 Å². The molecule has 3 aromatic rings. The van der Waals surface area contributed by atoms with E-state index in [-0.39, 0.29) is 33.0 Å². The van der Waals surface area contributed by atoms with Gasteiger partial charge in [-0.05, 0) is 54.4 Å². The first-order chi connectivity index (χ1) is 16.4. The largest absolute Gasteiger partial charge is 0.320 e. The molecule has 0 unspecified atom stereocenters. The van der Waals surface area contributed by atoms with Crippen molar-refractivity contribution < 1.29 is 14.0 Å². The van der Waals surface area contributed by atoms with Gasteiger partial charge < -0.3 is 5.32 Å². The third-order valence-corrected chi connectivity index (χ3v) is 6.86. The highest BCUT2D eigenvalue weighted by Crippen LogP contribution is 2.42. The van der Waals surface area contributed by atoms with Crippen molar-refractivity contribution in [2.45, 2.75) is 11.7 Å². The van der Waals surface area contributed by atoms with Crippen molar-refractivity contribution in [3.05, 3.63) is 105 Å². The third-order valence-electron chi connectivity index (χ3n) is 5.03. The van der Waals surface area contributed by atoms with Gasteiger partial charge in [-0.2, -0.15) is 5.26 Å². The van der Waals surface area contributed by atoms with E-state index in [1.807, 2.05) is 6.07 Å². The molecule has 1 aliphatic rings. The summed E-state index contributed by atoms with van der Waals surface area (Å²) in [6.07, 6.45) is 0.303. The van der Waals surface area contributed by atoms with Crippen LogP contribution in [0.4, 0.5) is 15.8 Å². The number of nitriles is 1. The zero-order valence-corrected chi connectivity index (χ0v) is 19.8. The molecule has 1 aliphatic heterocycles. The molecule has 0 radical (unpaired) electrons. The van der Waals surface area contributed by atoms with Crippen molar-refractivity contribution in [3.8, 4) is 6.07 Å². The Kier molecular flexibility index (Phi) is 7.23. The van der Waals surface area contributed by atoms with Crippen LogP contribution in [0.2, 0.25) is 10.0 Å². The van der Waals surface area contributed by atoms with Crippen molar-refractivity contribution in [3.63, 3.8) is 0 Å². The van der Waals surface area contributed by atoms with E-state index < -0.39 is 11.2 Å². The van der Waals surface area contributed by atoms with E-state index in [1.165, 1.54) is 29.2 Å². The van der Waals surface area contributed by atoms with E-state index in [0.717, 1.165) is 17.3 Å². The number of thioether (sulfide) groups is 1. The molecule has 0 spiro atoms. The van der Waals surface area contributed by atoms with E-state index in [1.54, 1.807) is 48.5 Å². The summed E-state index contributed by atoms with van der Waals surface area (Å²) in [4.78, 5) is 27.9. The van der Waals surface area contributed by atoms with Crippen LogP contribution in [0.25, 0.3) is 0 Å². The maximum absolute atomic E-state index is 13.4. The number of halogens is 3. The molecule has 4 rings (SSSR count). The fourth-order valence-corrected chi connectivity index (χ4v) is 5.06. The summed E-state index contributed by atoms with van der Waals surface area (Å²) in [5.41, 5.74) is 1.30. The number of carbonyl (C=O) groups is 2. The molecule has 1 fully saturated rings. The number of rotatable bonds is 5. The number of amides is 2. The van der Waals surface area contributed by atoms with E-state index in [0.29, 0.717) is 17.1 Å². The van der Waals surface area contributed by atoms with Gasteiger partial charge in [-0.25, -0.2) is 4.39 Å². The van der Waals surface area contributed by atoms with Gasteiger partial charge in [0.2, 0.25) is 5.91 Å². The monoisotopic (exact) mass is 511 g/mol. The molecule has 0 aliphatic carbocycles. The van der Waals surface area contributed by atoms with Gasteiger partial charge >= 0.3 is 0 Å². The molecular formula is C25H16Cl2FN3O2S. The van der Waals surface area contributed by atoms with Crippen LogP contribution in [0.5, 0.6) is 0 Å². The number of nitrogens with one attached hydrogen (secondary N) is 1. The van der Waals surface area contributed by atoms with Crippen LogP contribution in [0.1, 0.15) is 5.56 Å². The second-order valence-electron chi connectivity index (χ2n) is 7.32. The molecular weight excluding hydrogens is 496 g/mol. The summed E-state index contributed by atoms with van der Waals surface area (Å²) in [6, 6.07) is 21.2. The Balaban J connectivity index is 1.72. The van der Waals surface area contributed by atoms with Crippen molar-refractivity contribution in [1.29, 1.82) is 5.26 Å². The Labute approximate surface area is 209 Å². The van der Waals surface area contributed by atoms with E-state index in [2.05, 4.69) is 5.32 Å². The predicted octanol–water partition coefficient (Wildman–Crippen LogP) is 6.20. The Morgan fingerprint density at radius 3 is 2.47 bits per heavy atom. The maximum Gasteiger partial charge on any atom is 0.269 e. The molecule has 5 nitrogen and oxygen atoms in total. The Morgan fingerprint density at radius 2 is 1.79 bits per heavy atom. The van der Waals surface area contributed by atoms with Crippen LogP contribution in [0.15, 0.2) is 83.4 Å². The highest BCUT2D eigenvalue weighted by molar-refractivity contribution is 8.05. The summed E-state index contributed by atoms with van der Waals surface area (Å²) < 4.78 is 13.3. The number of hydrogen-bond acceptors (Lipinski definition) is 4. The minimum atomic E-state index is -0.717. The number of hydrogen-bond donors (Lipinski definition) is 1. The lowest BCUT2D eigenvalue weighted by Crippen LogP contribution is -2.30. The minimum Gasteiger partial charge on any atom is -0.320 e. The first-order valence-electron chi connectivity index (χ1n) is 10.1. The highest BCUT2D eigenvalue weighted by Gasteiger charge is 2.40. The van der Waals surface area contributed by atoms with Gasteiger partial charge in [-0.15, -0.1) is 0 Å². The normalized spacial score (nSPS) is 16.8. The van der Waals surface area contributed by atoms with Crippen LogP contribution in [-0.2, 0) is 16.0 Å². The van der Waals surface area contributed by atoms with Crippen LogP contribution in [0, 0.1) is 17.1 Å². The van der Waals surface area contributed by atoms with E-state index in [4.69, 9.17) is 23.2 Å². The molecule has 0 aromatic heterocycles. The second kappa shape index (κ2) is 10.3. The average Bonchev–Trinajstić information content (AvgIpc) is 3.14. The second-order valence-corrected chi connectivity index (χ2v) is 9.35. The van der Waals surface area contributed by atoms with Crippen LogP contribution < -0.4 is 10.2 Å². The molecule has 9 heteroatoms. The lowest BCUT2D eigenvalue weighted by atomic mass is 10.1. The molecule has 2 amide bonds. The topological polar surface area (TPSA) is 73.2 Å². The lowest BCUT2D eigenvalue weighted by Gasteiger charge is -2.18. The number of anilines is 2.